The molecule has 0 unspecified atom stereocenters. The van der Waals surface area contributed by atoms with Gasteiger partial charge >= 0.3 is 6.09 Å². The van der Waals surface area contributed by atoms with E-state index in [1.54, 1.807) is 6.07 Å². The third kappa shape index (κ3) is 5.64. The Morgan fingerprint density at radius 3 is 2.88 bits per heavy atom. The van der Waals surface area contributed by atoms with E-state index in [0.29, 0.717) is 18.5 Å². The molecule has 1 amide bonds. The van der Waals surface area contributed by atoms with Crippen LogP contribution in [0.25, 0.3) is 0 Å². The zero-order valence-corrected chi connectivity index (χ0v) is 13.5. The second kappa shape index (κ2) is 9.19. The maximum Gasteiger partial charge on any atom is 0.407 e. The first-order valence-electron chi connectivity index (χ1n) is 7.18. The number of hydrogen-bond acceptors (Lipinski definition) is 4. The van der Waals surface area contributed by atoms with Crippen LogP contribution in [0.15, 0.2) is 42.6 Å². The fourth-order valence-corrected chi connectivity index (χ4v) is 1.91. The summed E-state index contributed by atoms with van der Waals surface area (Å²) in [7, 11) is 0. The van der Waals surface area contributed by atoms with Crippen LogP contribution in [0.1, 0.15) is 23.1 Å². The minimum Gasteiger partial charge on any atom is -0.445 e. The lowest BCUT2D eigenvalue weighted by atomic mass is 10.2. The molecule has 0 radical (unpaired) electrons. The molecule has 0 fully saturated rings. The number of carbonyl (C=O) groups is 1. The first-order chi connectivity index (χ1) is 11.7. The summed E-state index contributed by atoms with van der Waals surface area (Å²) in [5.74, 6) is 5.75. The van der Waals surface area contributed by atoms with Crippen molar-refractivity contribution >= 4 is 17.7 Å². The zero-order valence-electron chi connectivity index (χ0n) is 12.8. The van der Waals surface area contributed by atoms with Gasteiger partial charge < -0.3 is 10.1 Å². The maximum absolute atomic E-state index is 11.5. The maximum atomic E-state index is 11.5. The van der Waals surface area contributed by atoms with Gasteiger partial charge in [-0.25, -0.2) is 9.78 Å². The van der Waals surface area contributed by atoms with Gasteiger partial charge in [-0.05, 0) is 11.6 Å². The third-order valence-electron chi connectivity index (χ3n) is 2.92. The Hall–Kier alpha value is -3.02. The number of amides is 1. The van der Waals surface area contributed by atoms with Crippen LogP contribution >= 0.6 is 11.6 Å². The monoisotopic (exact) mass is 339 g/mol. The summed E-state index contributed by atoms with van der Waals surface area (Å²) in [5.41, 5.74) is 1.81. The number of ether oxygens (including phenoxy) is 1. The largest absolute Gasteiger partial charge is 0.445 e. The molecule has 2 aromatic rings. The Labute approximate surface area is 145 Å². The molecule has 0 aliphatic rings. The normalized spacial score (nSPS) is 9.33. The van der Waals surface area contributed by atoms with Crippen LogP contribution in [0, 0.1) is 23.2 Å². The number of benzene rings is 1. The summed E-state index contributed by atoms with van der Waals surface area (Å²) in [6, 6.07) is 13.0. The molecule has 1 N–H and O–H groups in total. The summed E-state index contributed by atoms with van der Waals surface area (Å²) in [6.45, 7) is 0.596. The van der Waals surface area contributed by atoms with Gasteiger partial charge in [0.1, 0.15) is 17.8 Å². The van der Waals surface area contributed by atoms with Gasteiger partial charge in [0.15, 0.2) is 0 Å². The van der Waals surface area contributed by atoms with Gasteiger partial charge in [0, 0.05) is 24.7 Å². The van der Waals surface area contributed by atoms with E-state index in [9.17, 15) is 4.79 Å². The lowest BCUT2D eigenvalue weighted by Gasteiger charge is -2.05. The van der Waals surface area contributed by atoms with Gasteiger partial charge in [-0.3, -0.25) is 0 Å². The molecule has 24 heavy (non-hydrogen) atoms. The fraction of sp³-hybridized carbons (Fsp3) is 0.167. The van der Waals surface area contributed by atoms with Crippen molar-refractivity contribution in [2.45, 2.75) is 13.0 Å². The number of halogens is 1. The van der Waals surface area contributed by atoms with Crippen LogP contribution in [0.3, 0.4) is 0 Å². The number of rotatable bonds is 4. The first kappa shape index (κ1) is 17.3. The van der Waals surface area contributed by atoms with Crippen molar-refractivity contribution in [2.24, 2.45) is 0 Å². The highest BCUT2D eigenvalue weighted by atomic mass is 35.5. The van der Waals surface area contributed by atoms with Crippen LogP contribution in [0.5, 0.6) is 0 Å². The molecule has 1 aromatic heterocycles. The standard InChI is InChI=1S/C18H14ClN3O2/c19-17-16(11-20)10-15(12-22-17)8-4-5-9-21-18(23)24-13-14-6-2-1-3-7-14/h1-3,6-7,10,12H,5,9,13H2,(H,21,23). The van der Waals surface area contributed by atoms with E-state index in [1.165, 1.54) is 6.20 Å². The quantitative estimate of drug-likeness (QED) is 0.527. The number of nitrogens with zero attached hydrogens (tertiary/aromatic N) is 2. The topological polar surface area (TPSA) is 75.0 Å². The lowest BCUT2D eigenvalue weighted by Crippen LogP contribution is -2.24. The number of alkyl carbamates (subject to hydrolysis) is 1. The third-order valence-corrected chi connectivity index (χ3v) is 3.23. The van der Waals surface area contributed by atoms with Crippen molar-refractivity contribution in [2.75, 3.05) is 6.54 Å². The Balaban J connectivity index is 1.71. The number of carbonyl (C=O) groups excluding carboxylic acids is 1. The van der Waals surface area contributed by atoms with E-state index < -0.39 is 6.09 Å². The van der Waals surface area contributed by atoms with Crippen molar-refractivity contribution in [1.82, 2.24) is 10.3 Å². The van der Waals surface area contributed by atoms with Crippen molar-refractivity contribution in [3.05, 3.63) is 64.4 Å². The molecule has 5 nitrogen and oxygen atoms in total. The first-order valence-corrected chi connectivity index (χ1v) is 7.56. The molecule has 0 aliphatic heterocycles. The smallest absolute Gasteiger partial charge is 0.407 e. The highest BCUT2D eigenvalue weighted by Gasteiger charge is 2.02. The van der Waals surface area contributed by atoms with Crippen LogP contribution in [-0.2, 0) is 11.3 Å². The SMILES string of the molecule is N#Cc1cc(C#CCCNC(=O)OCc2ccccc2)cnc1Cl. The number of aromatic nitrogens is 1. The molecular formula is C18H14ClN3O2. The molecular weight excluding hydrogens is 326 g/mol. The zero-order chi connectivity index (χ0) is 17.2. The summed E-state index contributed by atoms with van der Waals surface area (Å²) < 4.78 is 5.08. The van der Waals surface area contributed by atoms with E-state index in [-0.39, 0.29) is 17.3 Å². The van der Waals surface area contributed by atoms with Crippen molar-refractivity contribution < 1.29 is 9.53 Å². The van der Waals surface area contributed by atoms with E-state index >= 15 is 0 Å². The van der Waals surface area contributed by atoms with Gasteiger partial charge in [0.05, 0.1) is 5.56 Å². The van der Waals surface area contributed by atoms with Gasteiger partial charge in [0.25, 0.3) is 0 Å². The number of nitrogens with one attached hydrogen (secondary N) is 1. The Morgan fingerprint density at radius 2 is 2.12 bits per heavy atom. The molecule has 0 saturated carbocycles. The second-order valence-corrected chi connectivity index (χ2v) is 5.07. The average molecular weight is 340 g/mol. The molecule has 1 heterocycles. The van der Waals surface area contributed by atoms with Crippen LogP contribution in [0.2, 0.25) is 5.15 Å². The minimum atomic E-state index is -0.486. The summed E-state index contributed by atoms with van der Waals surface area (Å²) in [6.07, 6.45) is 1.46. The highest BCUT2D eigenvalue weighted by molar-refractivity contribution is 6.30. The van der Waals surface area contributed by atoms with Crippen LogP contribution in [0.4, 0.5) is 4.79 Å². The predicted molar refractivity (Wildman–Crippen MR) is 90.1 cm³/mol. The number of hydrogen-bond donors (Lipinski definition) is 1. The summed E-state index contributed by atoms with van der Waals surface area (Å²) in [4.78, 5) is 15.4. The van der Waals surface area contributed by atoms with Crippen molar-refractivity contribution in [1.29, 1.82) is 5.26 Å². The minimum absolute atomic E-state index is 0.158. The highest BCUT2D eigenvalue weighted by Crippen LogP contribution is 2.12. The Kier molecular flexibility index (Phi) is 6.64. The molecule has 0 aliphatic carbocycles. The van der Waals surface area contributed by atoms with Crippen LogP contribution in [-0.4, -0.2) is 17.6 Å². The molecule has 1 aromatic carbocycles. The van der Waals surface area contributed by atoms with Gasteiger partial charge in [0.2, 0.25) is 0 Å². The second-order valence-electron chi connectivity index (χ2n) is 4.71. The van der Waals surface area contributed by atoms with Gasteiger partial charge in [-0.2, -0.15) is 5.26 Å². The Bertz CT molecular complexity index is 804. The molecule has 0 spiro atoms. The lowest BCUT2D eigenvalue weighted by molar-refractivity contribution is 0.140. The number of nitriles is 1. The average Bonchev–Trinajstić information content (AvgIpc) is 2.62. The fourth-order valence-electron chi connectivity index (χ4n) is 1.76. The van der Waals surface area contributed by atoms with Crippen LogP contribution < -0.4 is 5.32 Å². The molecule has 6 heteroatoms. The molecule has 2 rings (SSSR count). The molecule has 0 atom stereocenters. The van der Waals surface area contributed by atoms with E-state index in [2.05, 4.69) is 22.1 Å². The summed E-state index contributed by atoms with van der Waals surface area (Å²) >= 11 is 5.75. The summed E-state index contributed by atoms with van der Waals surface area (Å²) in [5, 5.41) is 11.6. The molecule has 0 saturated heterocycles. The molecule has 0 bridgehead atoms. The van der Waals surface area contributed by atoms with Crippen molar-refractivity contribution in [3.8, 4) is 17.9 Å². The van der Waals surface area contributed by atoms with Crippen molar-refractivity contribution in [3.63, 3.8) is 0 Å². The van der Waals surface area contributed by atoms with E-state index in [0.717, 1.165) is 5.56 Å². The van der Waals surface area contributed by atoms with E-state index in [1.807, 2.05) is 36.4 Å². The number of pyridine rings is 1. The van der Waals surface area contributed by atoms with Gasteiger partial charge in [-0.1, -0.05) is 53.8 Å². The Morgan fingerprint density at radius 1 is 1.33 bits per heavy atom. The van der Waals surface area contributed by atoms with Gasteiger partial charge in [-0.15, -0.1) is 0 Å². The predicted octanol–water partition coefficient (Wildman–Crippen LogP) is 3.27. The van der Waals surface area contributed by atoms with E-state index in [4.69, 9.17) is 21.6 Å². The molecule has 120 valence electrons.